The first kappa shape index (κ1) is 14.5. The Kier molecular flexibility index (Phi) is 4.94. The maximum atomic E-state index is 4.53. The van der Waals surface area contributed by atoms with Gasteiger partial charge in [0.1, 0.15) is 0 Å². The monoisotopic (exact) mass is 261 g/mol. The van der Waals surface area contributed by atoms with Crippen LogP contribution >= 0.6 is 0 Å². The maximum absolute atomic E-state index is 4.53. The summed E-state index contributed by atoms with van der Waals surface area (Å²) in [6.45, 7) is 11.4. The van der Waals surface area contributed by atoms with E-state index in [1.54, 1.807) is 0 Å². The standard InChI is InChI=1S/C16H27N3/c1-5-14-10-18-16(12(2)3)11-19(14)13(4)15-8-6-7-9-17-15/h6-9,12-14,16,18H,5,10-11H2,1-4H3. The number of nitrogens with one attached hydrogen (secondary N) is 1. The third-order valence-corrected chi connectivity index (χ3v) is 4.38. The maximum Gasteiger partial charge on any atom is 0.0572 e. The van der Waals surface area contributed by atoms with Gasteiger partial charge in [0, 0.05) is 37.4 Å². The molecule has 3 atom stereocenters. The lowest BCUT2D eigenvalue weighted by molar-refractivity contribution is 0.0719. The van der Waals surface area contributed by atoms with Gasteiger partial charge in [-0.05, 0) is 31.4 Å². The van der Waals surface area contributed by atoms with Gasteiger partial charge < -0.3 is 5.32 Å². The molecule has 0 amide bonds. The van der Waals surface area contributed by atoms with E-state index in [0.717, 1.165) is 13.1 Å². The smallest absolute Gasteiger partial charge is 0.0572 e. The summed E-state index contributed by atoms with van der Waals surface area (Å²) in [6, 6.07) is 7.82. The van der Waals surface area contributed by atoms with E-state index >= 15 is 0 Å². The molecule has 106 valence electrons. The predicted octanol–water partition coefficient (Wildman–Crippen LogP) is 2.85. The minimum Gasteiger partial charge on any atom is -0.311 e. The number of aromatic nitrogens is 1. The summed E-state index contributed by atoms with van der Waals surface area (Å²) in [6.07, 6.45) is 3.09. The van der Waals surface area contributed by atoms with E-state index in [1.807, 2.05) is 12.3 Å². The minimum atomic E-state index is 0.398. The Labute approximate surface area is 117 Å². The van der Waals surface area contributed by atoms with Crippen LogP contribution in [0.2, 0.25) is 0 Å². The first-order valence-corrected chi connectivity index (χ1v) is 7.53. The molecule has 1 aromatic rings. The van der Waals surface area contributed by atoms with Gasteiger partial charge in [0.05, 0.1) is 5.69 Å². The van der Waals surface area contributed by atoms with Crippen LogP contribution in [0, 0.1) is 5.92 Å². The summed E-state index contributed by atoms with van der Waals surface area (Å²) in [5, 5.41) is 3.69. The van der Waals surface area contributed by atoms with Crippen molar-refractivity contribution in [1.82, 2.24) is 15.2 Å². The van der Waals surface area contributed by atoms with Gasteiger partial charge in [0.15, 0.2) is 0 Å². The van der Waals surface area contributed by atoms with Crippen LogP contribution in [0.15, 0.2) is 24.4 Å². The van der Waals surface area contributed by atoms with Gasteiger partial charge in [-0.15, -0.1) is 0 Å². The molecule has 0 aliphatic carbocycles. The number of piperazine rings is 1. The van der Waals surface area contributed by atoms with Crippen LogP contribution in [0.5, 0.6) is 0 Å². The van der Waals surface area contributed by atoms with Gasteiger partial charge in [-0.3, -0.25) is 9.88 Å². The molecule has 0 radical (unpaired) electrons. The van der Waals surface area contributed by atoms with E-state index in [2.05, 4.69) is 55.0 Å². The van der Waals surface area contributed by atoms with Crippen LogP contribution in [-0.4, -0.2) is 35.1 Å². The van der Waals surface area contributed by atoms with Crippen molar-refractivity contribution in [3.05, 3.63) is 30.1 Å². The quantitative estimate of drug-likeness (QED) is 0.903. The lowest BCUT2D eigenvalue weighted by Crippen LogP contribution is -2.58. The van der Waals surface area contributed by atoms with E-state index in [1.165, 1.54) is 12.1 Å². The molecule has 19 heavy (non-hydrogen) atoms. The molecule has 0 aromatic carbocycles. The average Bonchev–Trinajstić information content (AvgIpc) is 2.46. The zero-order chi connectivity index (χ0) is 13.8. The second-order valence-corrected chi connectivity index (χ2v) is 5.95. The fraction of sp³-hybridized carbons (Fsp3) is 0.688. The average molecular weight is 261 g/mol. The van der Waals surface area contributed by atoms with Crippen molar-refractivity contribution in [2.75, 3.05) is 13.1 Å². The summed E-state index contributed by atoms with van der Waals surface area (Å²) >= 11 is 0. The summed E-state index contributed by atoms with van der Waals surface area (Å²) in [7, 11) is 0. The van der Waals surface area contributed by atoms with Crippen LogP contribution in [0.4, 0.5) is 0 Å². The van der Waals surface area contributed by atoms with Gasteiger partial charge in [-0.2, -0.15) is 0 Å². The molecule has 1 N–H and O–H groups in total. The van der Waals surface area contributed by atoms with Gasteiger partial charge in [-0.25, -0.2) is 0 Å². The van der Waals surface area contributed by atoms with Crippen molar-refractivity contribution in [3.8, 4) is 0 Å². The van der Waals surface area contributed by atoms with Gasteiger partial charge >= 0.3 is 0 Å². The molecule has 0 bridgehead atoms. The molecular formula is C16H27N3. The van der Waals surface area contributed by atoms with Crippen LogP contribution in [0.1, 0.15) is 45.9 Å². The Morgan fingerprint density at radius 3 is 2.74 bits per heavy atom. The SMILES string of the molecule is CCC1CNC(C(C)C)CN1C(C)c1ccccn1. The fourth-order valence-electron chi connectivity index (χ4n) is 2.94. The van der Waals surface area contributed by atoms with Crippen molar-refractivity contribution < 1.29 is 0 Å². The zero-order valence-corrected chi connectivity index (χ0v) is 12.6. The summed E-state index contributed by atoms with van der Waals surface area (Å²) in [5.74, 6) is 0.677. The van der Waals surface area contributed by atoms with Crippen molar-refractivity contribution in [2.24, 2.45) is 5.92 Å². The molecule has 2 rings (SSSR count). The van der Waals surface area contributed by atoms with E-state index in [4.69, 9.17) is 0 Å². The first-order valence-electron chi connectivity index (χ1n) is 7.53. The van der Waals surface area contributed by atoms with Crippen molar-refractivity contribution in [1.29, 1.82) is 0 Å². The van der Waals surface area contributed by atoms with Crippen LogP contribution < -0.4 is 5.32 Å². The normalized spacial score (nSPS) is 26.6. The molecule has 3 nitrogen and oxygen atoms in total. The van der Waals surface area contributed by atoms with Gasteiger partial charge in [0.25, 0.3) is 0 Å². The third-order valence-electron chi connectivity index (χ3n) is 4.38. The van der Waals surface area contributed by atoms with E-state index in [0.29, 0.717) is 24.0 Å². The summed E-state index contributed by atoms with van der Waals surface area (Å²) in [5.41, 5.74) is 1.19. The number of rotatable bonds is 4. The van der Waals surface area contributed by atoms with Crippen molar-refractivity contribution in [2.45, 2.75) is 52.2 Å². The van der Waals surface area contributed by atoms with Crippen LogP contribution in [-0.2, 0) is 0 Å². The van der Waals surface area contributed by atoms with Crippen molar-refractivity contribution >= 4 is 0 Å². The van der Waals surface area contributed by atoms with E-state index < -0.39 is 0 Å². The summed E-state index contributed by atoms with van der Waals surface area (Å²) < 4.78 is 0. The highest BCUT2D eigenvalue weighted by molar-refractivity contribution is 5.09. The molecule has 0 spiro atoms. The Hall–Kier alpha value is -0.930. The molecule has 3 unspecified atom stereocenters. The molecule has 1 saturated heterocycles. The molecule has 1 aromatic heterocycles. The number of nitrogens with zero attached hydrogens (tertiary/aromatic N) is 2. The zero-order valence-electron chi connectivity index (χ0n) is 12.6. The lowest BCUT2D eigenvalue weighted by atomic mass is 9.96. The Morgan fingerprint density at radius 2 is 2.16 bits per heavy atom. The topological polar surface area (TPSA) is 28.2 Å². The molecule has 1 aliphatic rings. The Morgan fingerprint density at radius 1 is 1.37 bits per heavy atom. The highest BCUT2D eigenvalue weighted by atomic mass is 15.3. The van der Waals surface area contributed by atoms with Gasteiger partial charge in [0.2, 0.25) is 0 Å². The van der Waals surface area contributed by atoms with Crippen molar-refractivity contribution in [3.63, 3.8) is 0 Å². The third kappa shape index (κ3) is 3.34. The number of pyridine rings is 1. The molecule has 0 saturated carbocycles. The highest BCUT2D eigenvalue weighted by Crippen LogP contribution is 2.25. The Balaban J connectivity index is 2.14. The minimum absolute atomic E-state index is 0.398. The highest BCUT2D eigenvalue weighted by Gasteiger charge is 2.32. The molecular weight excluding hydrogens is 234 g/mol. The van der Waals surface area contributed by atoms with Crippen LogP contribution in [0.3, 0.4) is 0 Å². The summed E-state index contributed by atoms with van der Waals surface area (Å²) in [4.78, 5) is 7.16. The molecule has 1 fully saturated rings. The van der Waals surface area contributed by atoms with E-state index in [9.17, 15) is 0 Å². The number of hydrogen-bond donors (Lipinski definition) is 1. The van der Waals surface area contributed by atoms with Gasteiger partial charge in [-0.1, -0.05) is 26.8 Å². The lowest BCUT2D eigenvalue weighted by Gasteiger charge is -2.44. The Bertz CT molecular complexity index is 377. The second kappa shape index (κ2) is 6.49. The molecule has 2 heterocycles. The van der Waals surface area contributed by atoms with E-state index in [-0.39, 0.29) is 0 Å². The first-order chi connectivity index (χ1) is 9.13. The largest absolute Gasteiger partial charge is 0.311 e. The second-order valence-electron chi connectivity index (χ2n) is 5.95. The molecule has 3 heteroatoms. The van der Waals surface area contributed by atoms with Crippen LogP contribution in [0.25, 0.3) is 0 Å². The fourth-order valence-corrected chi connectivity index (χ4v) is 2.94. The predicted molar refractivity (Wildman–Crippen MR) is 80.1 cm³/mol. The number of hydrogen-bond acceptors (Lipinski definition) is 3. The molecule has 1 aliphatic heterocycles.